The molecule has 5 heteroatoms. The topological polar surface area (TPSA) is 56.5 Å². The smallest absolute Gasteiger partial charge is 0.172 e. The maximum absolute atomic E-state index is 9.76. The number of halogens is 1. The van der Waals surface area contributed by atoms with Crippen molar-refractivity contribution in [1.82, 2.24) is 4.90 Å². The lowest BCUT2D eigenvalue weighted by atomic mass is 10.1. The summed E-state index contributed by atoms with van der Waals surface area (Å²) < 4.78 is 5.63. The summed E-state index contributed by atoms with van der Waals surface area (Å²) in [6, 6.07) is 5.40. The summed E-state index contributed by atoms with van der Waals surface area (Å²) in [5.41, 5.74) is 0.808. The summed E-state index contributed by atoms with van der Waals surface area (Å²) in [6.07, 6.45) is 0. The highest BCUT2D eigenvalue weighted by molar-refractivity contribution is 9.10. The monoisotopic (exact) mass is 312 g/mol. The predicted octanol–water partition coefficient (Wildman–Crippen LogP) is 3.07. The van der Waals surface area contributed by atoms with Gasteiger partial charge in [-0.25, -0.2) is 0 Å². The average Bonchev–Trinajstić information content (AvgIpc) is 2.39. The molecule has 98 valence electrons. The number of hydrogen-bond donors (Lipinski definition) is 1. The third-order valence-electron chi connectivity index (χ3n) is 2.89. The van der Waals surface area contributed by atoms with Crippen molar-refractivity contribution in [3.05, 3.63) is 22.2 Å². The largest absolute Gasteiger partial charge is 0.503 e. The normalized spacial score (nSPS) is 12.2. The summed E-state index contributed by atoms with van der Waals surface area (Å²) >= 11 is 3.27. The first-order chi connectivity index (χ1) is 8.58. The molecule has 0 radical (unpaired) electrons. The van der Waals surface area contributed by atoms with Crippen LogP contribution in [0.5, 0.6) is 11.5 Å². The summed E-state index contributed by atoms with van der Waals surface area (Å²) in [4.78, 5) is 2.04. The van der Waals surface area contributed by atoms with E-state index >= 15 is 0 Å². The molecule has 4 nitrogen and oxygen atoms in total. The highest BCUT2D eigenvalue weighted by Crippen LogP contribution is 2.37. The van der Waals surface area contributed by atoms with Crippen molar-refractivity contribution in [2.45, 2.75) is 19.9 Å². The minimum atomic E-state index is -0.342. The molecular weight excluding hydrogens is 296 g/mol. The van der Waals surface area contributed by atoms with E-state index in [1.165, 1.54) is 7.11 Å². The van der Waals surface area contributed by atoms with Crippen molar-refractivity contribution in [3.63, 3.8) is 0 Å². The van der Waals surface area contributed by atoms with E-state index in [-0.39, 0.29) is 11.8 Å². The van der Waals surface area contributed by atoms with Crippen LogP contribution in [0.15, 0.2) is 16.6 Å². The minimum absolute atomic E-state index is 0.0532. The van der Waals surface area contributed by atoms with Crippen LogP contribution < -0.4 is 4.74 Å². The van der Waals surface area contributed by atoms with E-state index in [0.717, 1.165) is 18.7 Å². The van der Waals surface area contributed by atoms with E-state index in [0.29, 0.717) is 10.2 Å². The number of aromatic hydroxyl groups is 1. The van der Waals surface area contributed by atoms with E-state index in [2.05, 4.69) is 22.0 Å². The van der Waals surface area contributed by atoms with Gasteiger partial charge in [0.05, 0.1) is 17.7 Å². The SMILES string of the molecule is CCN(CC)C(C#N)c1cc(Br)c(O)c(OC)c1. The summed E-state index contributed by atoms with van der Waals surface area (Å²) in [6.45, 7) is 5.60. The number of hydrogen-bond acceptors (Lipinski definition) is 4. The van der Waals surface area contributed by atoms with Gasteiger partial charge in [0.2, 0.25) is 0 Å². The molecule has 1 N–H and O–H groups in total. The predicted molar refractivity (Wildman–Crippen MR) is 73.6 cm³/mol. The molecule has 18 heavy (non-hydrogen) atoms. The molecule has 0 aliphatic heterocycles. The molecule has 0 fully saturated rings. The number of phenolic OH excluding ortho intramolecular Hbond substituents is 1. The van der Waals surface area contributed by atoms with Gasteiger partial charge in [-0.3, -0.25) is 4.90 Å². The molecule has 0 bridgehead atoms. The molecule has 0 heterocycles. The number of benzene rings is 1. The highest BCUT2D eigenvalue weighted by Gasteiger charge is 2.20. The van der Waals surface area contributed by atoms with Crippen molar-refractivity contribution in [2.75, 3.05) is 20.2 Å². The number of nitriles is 1. The van der Waals surface area contributed by atoms with Gasteiger partial charge >= 0.3 is 0 Å². The molecule has 1 aromatic rings. The molecule has 1 rings (SSSR count). The van der Waals surface area contributed by atoms with E-state index in [1.54, 1.807) is 12.1 Å². The van der Waals surface area contributed by atoms with Crippen LogP contribution in [0.3, 0.4) is 0 Å². The molecule has 0 aromatic heterocycles. The third kappa shape index (κ3) is 2.95. The Labute approximate surface area is 116 Å². The number of rotatable bonds is 5. The lowest BCUT2D eigenvalue weighted by molar-refractivity contribution is 0.261. The van der Waals surface area contributed by atoms with Gasteiger partial charge in [0.15, 0.2) is 11.5 Å². The molecule has 0 spiro atoms. The molecule has 0 saturated heterocycles. The second-order valence-corrected chi connectivity index (χ2v) is 4.66. The van der Waals surface area contributed by atoms with E-state index in [1.807, 2.05) is 18.7 Å². The number of methoxy groups -OCH3 is 1. The molecule has 0 aliphatic carbocycles. The molecule has 1 aromatic carbocycles. The number of phenols is 1. The van der Waals surface area contributed by atoms with Gasteiger partial charge < -0.3 is 9.84 Å². The molecule has 0 amide bonds. The van der Waals surface area contributed by atoms with Gasteiger partial charge in [0.25, 0.3) is 0 Å². The minimum Gasteiger partial charge on any atom is -0.503 e. The van der Waals surface area contributed by atoms with Crippen LogP contribution in [0.4, 0.5) is 0 Å². The Morgan fingerprint density at radius 1 is 1.44 bits per heavy atom. The van der Waals surface area contributed by atoms with Crippen molar-refractivity contribution in [3.8, 4) is 17.6 Å². The van der Waals surface area contributed by atoms with Crippen LogP contribution in [0.2, 0.25) is 0 Å². The van der Waals surface area contributed by atoms with Crippen molar-refractivity contribution in [2.24, 2.45) is 0 Å². The third-order valence-corrected chi connectivity index (χ3v) is 3.49. The summed E-state index contributed by atoms with van der Waals surface area (Å²) in [7, 11) is 1.49. The number of ether oxygens (including phenoxy) is 1. The Balaban J connectivity index is 3.23. The zero-order chi connectivity index (χ0) is 13.7. The summed E-state index contributed by atoms with van der Waals surface area (Å²) in [5, 5.41) is 19.1. The van der Waals surface area contributed by atoms with Crippen LogP contribution in [0.25, 0.3) is 0 Å². The van der Waals surface area contributed by atoms with E-state index in [4.69, 9.17) is 4.74 Å². The van der Waals surface area contributed by atoms with Gasteiger partial charge in [0.1, 0.15) is 6.04 Å². The van der Waals surface area contributed by atoms with Gasteiger partial charge in [-0.05, 0) is 46.7 Å². The Kier molecular flexibility index (Phi) is 5.45. The van der Waals surface area contributed by atoms with Crippen molar-refractivity contribution >= 4 is 15.9 Å². The molecule has 0 saturated carbocycles. The van der Waals surface area contributed by atoms with Crippen molar-refractivity contribution < 1.29 is 9.84 Å². The number of nitrogens with zero attached hydrogens (tertiary/aromatic N) is 2. The second kappa shape index (κ2) is 6.62. The molecule has 0 aliphatic rings. The van der Waals surface area contributed by atoms with Gasteiger partial charge in [0, 0.05) is 0 Å². The zero-order valence-corrected chi connectivity index (χ0v) is 12.4. The first kappa shape index (κ1) is 14.8. The van der Waals surface area contributed by atoms with Gasteiger partial charge in [-0.1, -0.05) is 13.8 Å². The van der Waals surface area contributed by atoms with E-state index in [9.17, 15) is 10.4 Å². The Bertz CT molecular complexity index is 453. The van der Waals surface area contributed by atoms with Crippen molar-refractivity contribution in [1.29, 1.82) is 5.26 Å². The maximum Gasteiger partial charge on any atom is 0.172 e. The zero-order valence-electron chi connectivity index (χ0n) is 10.8. The fourth-order valence-electron chi connectivity index (χ4n) is 1.86. The Morgan fingerprint density at radius 2 is 2.06 bits per heavy atom. The quantitative estimate of drug-likeness (QED) is 0.907. The lowest BCUT2D eigenvalue weighted by Gasteiger charge is -2.24. The molecular formula is C13H17BrN2O2. The molecule has 1 unspecified atom stereocenters. The van der Waals surface area contributed by atoms with Crippen LogP contribution in [-0.4, -0.2) is 30.2 Å². The van der Waals surface area contributed by atoms with Crippen LogP contribution in [0.1, 0.15) is 25.5 Å². The van der Waals surface area contributed by atoms with Crippen LogP contribution >= 0.6 is 15.9 Å². The average molecular weight is 313 g/mol. The first-order valence-electron chi connectivity index (χ1n) is 5.79. The maximum atomic E-state index is 9.76. The summed E-state index contributed by atoms with van der Waals surface area (Å²) in [5.74, 6) is 0.421. The second-order valence-electron chi connectivity index (χ2n) is 3.81. The van der Waals surface area contributed by atoms with E-state index < -0.39 is 0 Å². The standard InChI is InChI=1S/C13H17BrN2O2/c1-4-16(5-2)11(8-15)9-6-10(14)13(17)12(7-9)18-3/h6-7,11,17H,4-5H2,1-3H3. The van der Waals surface area contributed by atoms with Gasteiger partial charge in [-0.15, -0.1) is 0 Å². The fourth-order valence-corrected chi connectivity index (χ4v) is 2.32. The highest BCUT2D eigenvalue weighted by atomic mass is 79.9. The Morgan fingerprint density at radius 3 is 2.50 bits per heavy atom. The van der Waals surface area contributed by atoms with Crippen LogP contribution in [-0.2, 0) is 0 Å². The Hall–Kier alpha value is -1.25. The first-order valence-corrected chi connectivity index (χ1v) is 6.58. The molecule has 1 atom stereocenters. The fraction of sp³-hybridized carbons (Fsp3) is 0.462. The lowest BCUT2D eigenvalue weighted by Crippen LogP contribution is -2.27. The van der Waals surface area contributed by atoms with Gasteiger partial charge in [-0.2, -0.15) is 5.26 Å². The van der Waals surface area contributed by atoms with Crippen LogP contribution in [0, 0.1) is 11.3 Å².